The Morgan fingerprint density at radius 1 is 1.35 bits per heavy atom. The third kappa shape index (κ3) is 5.40. The Bertz CT molecular complexity index is 460. The average molecular weight is 277 g/mol. The van der Waals surface area contributed by atoms with E-state index in [0.717, 1.165) is 12.0 Å². The quantitative estimate of drug-likeness (QED) is 0.699. The Labute approximate surface area is 119 Å². The zero-order valence-electron chi connectivity index (χ0n) is 12.1. The maximum atomic E-state index is 11.9. The summed E-state index contributed by atoms with van der Waals surface area (Å²) in [4.78, 5) is 23.4. The van der Waals surface area contributed by atoms with Crippen molar-refractivity contribution in [2.75, 3.05) is 6.54 Å². The fraction of sp³-hybridized carbons (Fsp3) is 0.467. The highest BCUT2D eigenvalue weighted by molar-refractivity contribution is 5.94. The van der Waals surface area contributed by atoms with Crippen molar-refractivity contribution >= 4 is 11.8 Å². The van der Waals surface area contributed by atoms with Crippen LogP contribution in [0.1, 0.15) is 42.6 Å². The highest BCUT2D eigenvalue weighted by Gasteiger charge is 2.08. The molecule has 20 heavy (non-hydrogen) atoms. The molecule has 0 aliphatic carbocycles. The van der Waals surface area contributed by atoms with Gasteiger partial charge in [-0.15, -0.1) is 0 Å². The first-order valence-corrected chi connectivity index (χ1v) is 6.93. The Hall–Kier alpha value is -1.88. The summed E-state index contributed by atoms with van der Waals surface area (Å²) in [7, 11) is 0. The summed E-state index contributed by atoms with van der Waals surface area (Å²) in [6.45, 7) is 4.69. The lowest BCUT2D eigenvalue weighted by atomic mass is 10.1. The number of nitrogens with two attached hydrogens (primary N) is 1. The molecule has 0 heterocycles. The van der Waals surface area contributed by atoms with Crippen LogP contribution >= 0.6 is 0 Å². The van der Waals surface area contributed by atoms with Gasteiger partial charge in [0.2, 0.25) is 5.91 Å². The van der Waals surface area contributed by atoms with Gasteiger partial charge >= 0.3 is 0 Å². The number of rotatable bonds is 7. The van der Waals surface area contributed by atoms with Crippen LogP contribution in [-0.2, 0) is 11.3 Å². The molecule has 1 aromatic carbocycles. The van der Waals surface area contributed by atoms with E-state index in [2.05, 4.69) is 10.6 Å². The van der Waals surface area contributed by atoms with Gasteiger partial charge in [0, 0.05) is 31.1 Å². The van der Waals surface area contributed by atoms with Gasteiger partial charge < -0.3 is 16.4 Å². The average Bonchev–Trinajstić information content (AvgIpc) is 2.46. The molecule has 1 atom stereocenters. The van der Waals surface area contributed by atoms with E-state index in [1.165, 1.54) is 0 Å². The summed E-state index contributed by atoms with van der Waals surface area (Å²) in [6, 6.07) is 7.32. The largest absolute Gasteiger partial charge is 0.354 e. The van der Waals surface area contributed by atoms with Crippen LogP contribution in [0.2, 0.25) is 0 Å². The molecule has 0 saturated carbocycles. The maximum absolute atomic E-state index is 11.9. The minimum atomic E-state index is -0.184. The second-order valence-electron chi connectivity index (χ2n) is 4.79. The highest BCUT2D eigenvalue weighted by Crippen LogP contribution is 2.04. The normalized spacial score (nSPS) is 11.8. The number of carbonyl (C=O) groups is 2. The summed E-state index contributed by atoms with van der Waals surface area (Å²) < 4.78 is 0. The molecule has 0 radical (unpaired) electrons. The molecule has 1 aromatic rings. The van der Waals surface area contributed by atoms with Crippen LogP contribution in [0.5, 0.6) is 0 Å². The molecule has 4 N–H and O–H groups in total. The molecule has 0 aliphatic heterocycles. The molecular weight excluding hydrogens is 254 g/mol. The molecule has 0 bridgehead atoms. The first kappa shape index (κ1) is 16.2. The van der Waals surface area contributed by atoms with Crippen LogP contribution in [0.4, 0.5) is 0 Å². The van der Waals surface area contributed by atoms with Crippen molar-refractivity contribution in [3.8, 4) is 0 Å². The van der Waals surface area contributed by atoms with Crippen molar-refractivity contribution in [1.29, 1.82) is 0 Å². The van der Waals surface area contributed by atoms with Gasteiger partial charge in [0.15, 0.2) is 0 Å². The van der Waals surface area contributed by atoms with Crippen molar-refractivity contribution in [2.45, 2.75) is 39.3 Å². The number of hydrogen-bond acceptors (Lipinski definition) is 3. The van der Waals surface area contributed by atoms with Crippen LogP contribution in [-0.4, -0.2) is 24.4 Å². The first-order chi connectivity index (χ1) is 9.56. The van der Waals surface area contributed by atoms with E-state index >= 15 is 0 Å². The van der Waals surface area contributed by atoms with Crippen LogP contribution in [0.25, 0.3) is 0 Å². The molecule has 0 saturated heterocycles. The van der Waals surface area contributed by atoms with Gasteiger partial charge in [-0.2, -0.15) is 0 Å². The predicted molar refractivity (Wildman–Crippen MR) is 79.2 cm³/mol. The fourth-order valence-corrected chi connectivity index (χ4v) is 1.68. The molecule has 5 nitrogen and oxygen atoms in total. The summed E-state index contributed by atoms with van der Waals surface area (Å²) in [5.74, 6) is -0.230. The molecule has 5 heteroatoms. The second kappa shape index (κ2) is 8.32. The van der Waals surface area contributed by atoms with Crippen molar-refractivity contribution in [3.63, 3.8) is 0 Å². The zero-order chi connectivity index (χ0) is 15.0. The van der Waals surface area contributed by atoms with Crippen molar-refractivity contribution in [3.05, 3.63) is 35.4 Å². The van der Waals surface area contributed by atoms with E-state index in [4.69, 9.17) is 5.73 Å². The van der Waals surface area contributed by atoms with Crippen LogP contribution < -0.4 is 16.4 Å². The number of amides is 2. The smallest absolute Gasteiger partial charge is 0.251 e. The standard InChI is InChI=1S/C15H23N3O2/c1-3-11(2)18-14(19)7-8-17-15(20)13-6-4-5-12(9-13)10-16/h4-6,9,11H,3,7-8,10,16H2,1-2H3,(H,17,20)(H,18,19). The second-order valence-corrected chi connectivity index (χ2v) is 4.79. The van der Waals surface area contributed by atoms with Crippen LogP contribution in [0.15, 0.2) is 24.3 Å². The van der Waals surface area contributed by atoms with Gasteiger partial charge in [-0.25, -0.2) is 0 Å². The summed E-state index contributed by atoms with van der Waals surface area (Å²) in [6.07, 6.45) is 1.18. The fourth-order valence-electron chi connectivity index (χ4n) is 1.68. The molecular formula is C15H23N3O2. The van der Waals surface area contributed by atoms with Gasteiger partial charge in [-0.3, -0.25) is 9.59 Å². The van der Waals surface area contributed by atoms with Gasteiger partial charge in [0.05, 0.1) is 0 Å². The van der Waals surface area contributed by atoms with Crippen LogP contribution in [0.3, 0.4) is 0 Å². The van der Waals surface area contributed by atoms with E-state index < -0.39 is 0 Å². The van der Waals surface area contributed by atoms with E-state index in [1.54, 1.807) is 18.2 Å². The minimum absolute atomic E-state index is 0.0460. The van der Waals surface area contributed by atoms with E-state index in [-0.39, 0.29) is 24.3 Å². The Kier molecular flexibility index (Phi) is 6.73. The minimum Gasteiger partial charge on any atom is -0.354 e. The number of benzene rings is 1. The van der Waals surface area contributed by atoms with Gasteiger partial charge in [0.1, 0.15) is 0 Å². The van der Waals surface area contributed by atoms with Crippen molar-refractivity contribution < 1.29 is 9.59 Å². The van der Waals surface area contributed by atoms with Crippen LogP contribution in [0, 0.1) is 0 Å². The van der Waals surface area contributed by atoms with Gasteiger partial charge in [0.25, 0.3) is 5.91 Å². The Morgan fingerprint density at radius 2 is 2.10 bits per heavy atom. The Morgan fingerprint density at radius 3 is 2.75 bits per heavy atom. The molecule has 1 unspecified atom stereocenters. The lowest BCUT2D eigenvalue weighted by molar-refractivity contribution is -0.121. The highest BCUT2D eigenvalue weighted by atomic mass is 16.2. The monoisotopic (exact) mass is 277 g/mol. The SMILES string of the molecule is CCC(C)NC(=O)CCNC(=O)c1cccc(CN)c1. The molecule has 1 rings (SSSR count). The Balaban J connectivity index is 2.38. The summed E-state index contributed by atoms with van der Waals surface area (Å²) >= 11 is 0. The molecule has 2 amide bonds. The lowest BCUT2D eigenvalue weighted by Crippen LogP contribution is -2.35. The van der Waals surface area contributed by atoms with Gasteiger partial charge in [-0.1, -0.05) is 19.1 Å². The molecule has 110 valence electrons. The number of nitrogens with one attached hydrogen (secondary N) is 2. The number of carbonyl (C=O) groups excluding carboxylic acids is 2. The summed E-state index contributed by atoms with van der Waals surface area (Å²) in [5.41, 5.74) is 7.01. The topological polar surface area (TPSA) is 84.2 Å². The first-order valence-electron chi connectivity index (χ1n) is 6.93. The predicted octanol–water partition coefficient (Wildman–Crippen LogP) is 1.18. The summed E-state index contributed by atoms with van der Waals surface area (Å²) in [5, 5.41) is 5.59. The maximum Gasteiger partial charge on any atom is 0.251 e. The van der Waals surface area contributed by atoms with Gasteiger partial charge in [-0.05, 0) is 31.0 Å². The molecule has 0 spiro atoms. The van der Waals surface area contributed by atoms with E-state index in [1.807, 2.05) is 19.9 Å². The molecule has 0 aromatic heterocycles. The van der Waals surface area contributed by atoms with Crippen molar-refractivity contribution in [1.82, 2.24) is 10.6 Å². The third-order valence-electron chi connectivity index (χ3n) is 3.08. The third-order valence-corrected chi connectivity index (χ3v) is 3.08. The van der Waals surface area contributed by atoms with E-state index in [0.29, 0.717) is 18.7 Å². The van der Waals surface area contributed by atoms with Crippen molar-refractivity contribution in [2.24, 2.45) is 5.73 Å². The molecule has 0 aliphatic rings. The lowest BCUT2D eigenvalue weighted by Gasteiger charge is -2.11. The van der Waals surface area contributed by atoms with E-state index in [9.17, 15) is 9.59 Å². The molecule has 0 fully saturated rings. The zero-order valence-corrected chi connectivity index (χ0v) is 12.1. The number of hydrogen-bond donors (Lipinski definition) is 3.